The lowest BCUT2D eigenvalue weighted by molar-refractivity contribution is -0.143. The van der Waals surface area contributed by atoms with Gasteiger partial charge in [0, 0.05) is 12.5 Å². The van der Waals surface area contributed by atoms with Gasteiger partial charge in [0.05, 0.1) is 6.04 Å². The Kier molecular flexibility index (Phi) is 6.00. The highest BCUT2D eigenvalue weighted by Gasteiger charge is 2.49. The average molecular weight is 357 g/mol. The minimum Gasteiger partial charge on any atom is -0.351 e. The summed E-state index contributed by atoms with van der Waals surface area (Å²) in [4.78, 5) is 27.7. The first-order chi connectivity index (χ1) is 12.5. The normalized spacial score (nSPS) is 26.2. The molecular weight excluding hydrogens is 324 g/mol. The standard InChI is InChI=1S/C22H32N2O2/c1-17(18-11-7-6-8-12-18)24-20(25)15-16-22(24,2)21(26)23-19-13-9-4-3-5-10-14-19/h6-8,11-12,17,19H,3-5,9-10,13-16H2,1-2H3,(H,23,26). The van der Waals surface area contributed by atoms with Gasteiger partial charge in [-0.15, -0.1) is 0 Å². The number of benzene rings is 1. The van der Waals surface area contributed by atoms with Crippen LogP contribution in [0.15, 0.2) is 30.3 Å². The highest BCUT2D eigenvalue weighted by atomic mass is 16.2. The van der Waals surface area contributed by atoms with Gasteiger partial charge in [0.25, 0.3) is 0 Å². The zero-order valence-corrected chi connectivity index (χ0v) is 16.2. The molecule has 2 aliphatic rings. The third-order valence-electron chi connectivity index (χ3n) is 6.22. The van der Waals surface area contributed by atoms with Gasteiger partial charge < -0.3 is 10.2 Å². The number of rotatable bonds is 4. The van der Waals surface area contributed by atoms with Gasteiger partial charge in [-0.05, 0) is 38.7 Å². The second-order valence-corrected chi connectivity index (χ2v) is 8.14. The lowest BCUT2D eigenvalue weighted by Gasteiger charge is -2.39. The molecule has 4 nitrogen and oxygen atoms in total. The Balaban J connectivity index is 1.75. The molecule has 2 amide bonds. The van der Waals surface area contributed by atoms with Gasteiger partial charge in [0.1, 0.15) is 5.54 Å². The van der Waals surface area contributed by atoms with Gasteiger partial charge in [0.2, 0.25) is 11.8 Å². The molecule has 1 aliphatic heterocycles. The predicted octanol–water partition coefficient (Wildman–Crippen LogP) is 4.36. The van der Waals surface area contributed by atoms with E-state index in [4.69, 9.17) is 0 Å². The van der Waals surface area contributed by atoms with Gasteiger partial charge in [-0.2, -0.15) is 0 Å². The van der Waals surface area contributed by atoms with Gasteiger partial charge in [-0.3, -0.25) is 9.59 Å². The molecular formula is C22H32N2O2. The first-order valence-corrected chi connectivity index (χ1v) is 10.2. The van der Waals surface area contributed by atoms with E-state index in [0.29, 0.717) is 12.8 Å². The SMILES string of the molecule is CC(c1ccccc1)N1C(=O)CCC1(C)C(=O)NC1CCCCCCC1. The topological polar surface area (TPSA) is 49.4 Å². The molecule has 1 saturated heterocycles. The van der Waals surface area contributed by atoms with Crippen LogP contribution >= 0.6 is 0 Å². The summed E-state index contributed by atoms with van der Waals surface area (Å²) in [6, 6.07) is 10.2. The summed E-state index contributed by atoms with van der Waals surface area (Å²) in [5, 5.41) is 3.29. The van der Waals surface area contributed by atoms with Crippen LogP contribution in [0.25, 0.3) is 0 Å². The molecule has 1 heterocycles. The summed E-state index contributed by atoms with van der Waals surface area (Å²) in [6.07, 6.45) is 9.38. The largest absolute Gasteiger partial charge is 0.351 e. The molecule has 0 aromatic heterocycles. The third-order valence-corrected chi connectivity index (χ3v) is 6.22. The van der Waals surface area contributed by atoms with E-state index in [9.17, 15) is 9.59 Å². The van der Waals surface area contributed by atoms with E-state index in [-0.39, 0.29) is 23.9 Å². The van der Waals surface area contributed by atoms with E-state index in [1.807, 2.05) is 49.1 Å². The van der Waals surface area contributed by atoms with Crippen molar-refractivity contribution in [3.05, 3.63) is 35.9 Å². The summed E-state index contributed by atoms with van der Waals surface area (Å²) >= 11 is 0. The molecule has 0 radical (unpaired) electrons. The van der Waals surface area contributed by atoms with Crippen molar-refractivity contribution < 1.29 is 9.59 Å². The van der Waals surface area contributed by atoms with E-state index < -0.39 is 5.54 Å². The third kappa shape index (κ3) is 3.94. The summed E-state index contributed by atoms with van der Waals surface area (Å²) in [7, 11) is 0. The first kappa shape index (κ1) is 18.9. The number of likely N-dealkylation sites (tertiary alicyclic amines) is 1. The van der Waals surface area contributed by atoms with Gasteiger partial charge >= 0.3 is 0 Å². The molecule has 1 N–H and O–H groups in total. The molecule has 2 fully saturated rings. The van der Waals surface area contributed by atoms with Crippen LogP contribution in [0.5, 0.6) is 0 Å². The second-order valence-electron chi connectivity index (χ2n) is 8.14. The Bertz CT molecular complexity index is 622. The molecule has 1 aliphatic carbocycles. The maximum absolute atomic E-state index is 13.2. The van der Waals surface area contributed by atoms with Crippen molar-refractivity contribution in [3.8, 4) is 0 Å². The van der Waals surface area contributed by atoms with Crippen molar-refractivity contribution in [2.75, 3.05) is 0 Å². The van der Waals surface area contributed by atoms with Crippen LogP contribution in [-0.2, 0) is 9.59 Å². The van der Waals surface area contributed by atoms with Crippen LogP contribution < -0.4 is 5.32 Å². The van der Waals surface area contributed by atoms with E-state index in [1.165, 1.54) is 32.1 Å². The summed E-state index contributed by atoms with van der Waals surface area (Å²) in [5.41, 5.74) is 0.321. The van der Waals surface area contributed by atoms with Crippen LogP contribution in [0.1, 0.15) is 83.2 Å². The number of hydrogen-bond acceptors (Lipinski definition) is 2. The maximum atomic E-state index is 13.2. The van der Waals surface area contributed by atoms with Crippen molar-refractivity contribution in [1.82, 2.24) is 10.2 Å². The van der Waals surface area contributed by atoms with Crippen molar-refractivity contribution >= 4 is 11.8 Å². The van der Waals surface area contributed by atoms with Crippen LogP contribution in [0.4, 0.5) is 0 Å². The number of nitrogens with zero attached hydrogens (tertiary/aromatic N) is 1. The molecule has 142 valence electrons. The smallest absolute Gasteiger partial charge is 0.245 e. The molecule has 1 saturated carbocycles. The second kappa shape index (κ2) is 8.24. The Morgan fingerprint density at radius 3 is 2.38 bits per heavy atom. The van der Waals surface area contributed by atoms with Gasteiger partial charge in [0.15, 0.2) is 0 Å². The molecule has 3 rings (SSSR count). The first-order valence-electron chi connectivity index (χ1n) is 10.2. The van der Waals surface area contributed by atoms with Crippen LogP contribution in [0.2, 0.25) is 0 Å². The minimum absolute atomic E-state index is 0.0247. The monoisotopic (exact) mass is 356 g/mol. The molecule has 0 bridgehead atoms. The van der Waals surface area contributed by atoms with Gasteiger partial charge in [-0.25, -0.2) is 0 Å². The average Bonchev–Trinajstić information content (AvgIpc) is 2.93. The zero-order chi connectivity index (χ0) is 18.6. The Morgan fingerprint density at radius 2 is 1.73 bits per heavy atom. The Morgan fingerprint density at radius 1 is 1.12 bits per heavy atom. The number of carbonyl (C=O) groups is 2. The van der Waals surface area contributed by atoms with E-state index in [1.54, 1.807) is 0 Å². The molecule has 26 heavy (non-hydrogen) atoms. The summed E-state index contributed by atoms with van der Waals surface area (Å²) in [5.74, 6) is 0.105. The van der Waals surface area contributed by atoms with Crippen molar-refractivity contribution in [1.29, 1.82) is 0 Å². The lowest BCUT2D eigenvalue weighted by atomic mass is 9.92. The lowest BCUT2D eigenvalue weighted by Crippen LogP contribution is -2.57. The molecule has 0 spiro atoms. The predicted molar refractivity (Wildman–Crippen MR) is 104 cm³/mol. The molecule has 1 aromatic carbocycles. The fourth-order valence-corrected chi connectivity index (χ4v) is 4.55. The number of nitrogens with one attached hydrogen (secondary N) is 1. The van der Waals surface area contributed by atoms with E-state index >= 15 is 0 Å². The summed E-state index contributed by atoms with van der Waals surface area (Å²) < 4.78 is 0. The van der Waals surface area contributed by atoms with Crippen molar-refractivity contribution in [3.63, 3.8) is 0 Å². The number of hydrogen-bond donors (Lipinski definition) is 1. The number of carbonyl (C=O) groups excluding carboxylic acids is 2. The highest BCUT2D eigenvalue weighted by Crippen LogP contribution is 2.38. The van der Waals surface area contributed by atoms with Crippen LogP contribution in [0.3, 0.4) is 0 Å². The van der Waals surface area contributed by atoms with Crippen LogP contribution in [0, 0.1) is 0 Å². The van der Waals surface area contributed by atoms with Gasteiger partial charge in [-0.1, -0.05) is 62.4 Å². The molecule has 1 aromatic rings. The molecule has 2 unspecified atom stereocenters. The fraction of sp³-hybridized carbons (Fsp3) is 0.636. The summed E-state index contributed by atoms with van der Waals surface area (Å²) in [6.45, 7) is 3.97. The quantitative estimate of drug-likeness (QED) is 0.871. The Hall–Kier alpha value is -1.84. The van der Waals surface area contributed by atoms with E-state index in [0.717, 1.165) is 18.4 Å². The van der Waals surface area contributed by atoms with Crippen molar-refractivity contribution in [2.45, 2.75) is 89.3 Å². The maximum Gasteiger partial charge on any atom is 0.245 e. The highest BCUT2D eigenvalue weighted by molar-refractivity contribution is 5.94. The van der Waals surface area contributed by atoms with E-state index in [2.05, 4.69) is 5.32 Å². The molecule has 4 heteroatoms. The van der Waals surface area contributed by atoms with Crippen molar-refractivity contribution in [2.24, 2.45) is 0 Å². The van der Waals surface area contributed by atoms with Crippen LogP contribution in [-0.4, -0.2) is 28.3 Å². The fourth-order valence-electron chi connectivity index (χ4n) is 4.55. The zero-order valence-electron chi connectivity index (χ0n) is 16.2. The number of amides is 2. The molecule has 2 atom stereocenters. The minimum atomic E-state index is -0.755. The Labute approximate surface area is 157 Å².